The van der Waals surface area contributed by atoms with Crippen LogP contribution in [0.5, 0.6) is 0 Å². The molecule has 4 atom stereocenters. The first-order valence-corrected chi connectivity index (χ1v) is 7.25. The van der Waals surface area contributed by atoms with Crippen molar-refractivity contribution in [1.82, 2.24) is 0 Å². The van der Waals surface area contributed by atoms with Gasteiger partial charge in [0, 0.05) is 12.0 Å². The van der Waals surface area contributed by atoms with Crippen molar-refractivity contribution in [3.63, 3.8) is 0 Å². The normalized spacial score (nSPS) is 42.1. The maximum Gasteiger partial charge on any atom is 0.142 e. The Balaban J connectivity index is 2.26. The SMILES string of the molecule is B[C@@H]1O[C@H](CC(C)C)[C@@]2(C(C)C)CCCOC12. The average molecular weight is 238 g/mol. The lowest BCUT2D eigenvalue weighted by atomic mass is 9.62. The molecule has 2 fully saturated rings. The molecule has 0 spiro atoms. The third-order valence-corrected chi connectivity index (χ3v) is 4.75. The van der Waals surface area contributed by atoms with E-state index in [-0.39, 0.29) is 11.4 Å². The van der Waals surface area contributed by atoms with Crippen molar-refractivity contribution in [3.8, 4) is 0 Å². The highest BCUT2D eigenvalue weighted by molar-refractivity contribution is 6.11. The van der Waals surface area contributed by atoms with Crippen LogP contribution in [0.4, 0.5) is 0 Å². The fourth-order valence-electron chi connectivity index (χ4n) is 3.95. The van der Waals surface area contributed by atoms with Crippen LogP contribution < -0.4 is 0 Å². The van der Waals surface area contributed by atoms with Crippen molar-refractivity contribution >= 4 is 7.85 Å². The second kappa shape index (κ2) is 4.93. The van der Waals surface area contributed by atoms with Crippen molar-refractivity contribution < 1.29 is 9.47 Å². The quantitative estimate of drug-likeness (QED) is 0.702. The molecular formula is C14H27BO2. The second-order valence-electron chi connectivity index (χ2n) is 6.62. The third kappa shape index (κ3) is 2.17. The summed E-state index contributed by atoms with van der Waals surface area (Å²) in [4.78, 5) is 0. The van der Waals surface area contributed by atoms with E-state index in [1.54, 1.807) is 0 Å². The minimum atomic E-state index is 0.265. The van der Waals surface area contributed by atoms with Crippen LogP contribution in [0, 0.1) is 17.3 Å². The van der Waals surface area contributed by atoms with E-state index in [1.807, 2.05) is 0 Å². The van der Waals surface area contributed by atoms with Crippen LogP contribution in [0.15, 0.2) is 0 Å². The van der Waals surface area contributed by atoms with Crippen LogP contribution >= 0.6 is 0 Å². The summed E-state index contributed by atoms with van der Waals surface area (Å²) < 4.78 is 12.3. The summed E-state index contributed by atoms with van der Waals surface area (Å²) >= 11 is 0. The lowest BCUT2D eigenvalue weighted by Crippen LogP contribution is -2.50. The Morgan fingerprint density at radius 2 is 2.00 bits per heavy atom. The maximum absolute atomic E-state index is 6.26. The van der Waals surface area contributed by atoms with Gasteiger partial charge >= 0.3 is 0 Å². The molecule has 3 heteroatoms. The van der Waals surface area contributed by atoms with Gasteiger partial charge < -0.3 is 9.47 Å². The predicted molar refractivity (Wildman–Crippen MR) is 72.9 cm³/mol. The van der Waals surface area contributed by atoms with Crippen LogP contribution in [0.1, 0.15) is 47.0 Å². The minimum Gasteiger partial charge on any atom is -0.381 e. The highest BCUT2D eigenvalue weighted by atomic mass is 16.6. The Morgan fingerprint density at radius 1 is 1.29 bits per heavy atom. The Labute approximate surface area is 107 Å². The van der Waals surface area contributed by atoms with E-state index in [0.29, 0.717) is 24.0 Å². The molecule has 17 heavy (non-hydrogen) atoms. The van der Waals surface area contributed by atoms with Gasteiger partial charge in [-0.15, -0.1) is 0 Å². The van der Waals surface area contributed by atoms with E-state index in [4.69, 9.17) is 9.47 Å². The zero-order chi connectivity index (χ0) is 12.6. The number of hydrogen-bond donors (Lipinski definition) is 0. The molecule has 98 valence electrons. The lowest BCUT2D eigenvalue weighted by Gasteiger charge is -2.45. The van der Waals surface area contributed by atoms with Gasteiger partial charge in [0.2, 0.25) is 0 Å². The van der Waals surface area contributed by atoms with Crippen molar-refractivity contribution in [1.29, 1.82) is 0 Å². The van der Waals surface area contributed by atoms with Gasteiger partial charge in [-0.05, 0) is 31.1 Å². The maximum atomic E-state index is 6.26. The highest BCUT2D eigenvalue weighted by Gasteiger charge is 2.57. The molecule has 0 saturated carbocycles. The van der Waals surface area contributed by atoms with Gasteiger partial charge in [0.25, 0.3) is 0 Å². The van der Waals surface area contributed by atoms with E-state index in [2.05, 4.69) is 35.5 Å². The number of fused-ring (bicyclic) bond motifs is 1. The fraction of sp³-hybridized carbons (Fsp3) is 1.00. The topological polar surface area (TPSA) is 18.5 Å². The second-order valence-corrected chi connectivity index (χ2v) is 6.62. The molecule has 2 rings (SSSR count). The van der Waals surface area contributed by atoms with Gasteiger partial charge in [-0.1, -0.05) is 27.7 Å². The zero-order valence-electron chi connectivity index (χ0n) is 12.0. The van der Waals surface area contributed by atoms with Crippen molar-refractivity contribution in [2.24, 2.45) is 17.3 Å². The van der Waals surface area contributed by atoms with Gasteiger partial charge in [0.15, 0.2) is 0 Å². The largest absolute Gasteiger partial charge is 0.381 e. The van der Waals surface area contributed by atoms with Gasteiger partial charge in [0.1, 0.15) is 7.85 Å². The average Bonchev–Trinajstić information content (AvgIpc) is 2.53. The molecular weight excluding hydrogens is 211 g/mol. The lowest BCUT2D eigenvalue weighted by molar-refractivity contribution is -0.0961. The molecule has 0 radical (unpaired) electrons. The highest BCUT2D eigenvalue weighted by Crippen LogP contribution is 2.52. The smallest absolute Gasteiger partial charge is 0.142 e. The van der Waals surface area contributed by atoms with Crippen molar-refractivity contribution in [2.75, 3.05) is 6.61 Å². The van der Waals surface area contributed by atoms with Gasteiger partial charge in [-0.2, -0.15) is 0 Å². The summed E-state index contributed by atoms with van der Waals surface area (Å²) in [6, 6.07) is 0.265. The van der Waals surface area contributed by atoms with Gasteiger partial charge in [-0.25, -0.2) is 0 Å². The van der Waals surface area contributed by atoms with Crippen LogP contribution in [-0.4, -0.2) is 32.7 Å². The molecule has 0 aromatic rings. The Bertz CT molecular complexity index is 267. The standard InChI is InChI=1S/C14H27BO2/c1-9(2)8-11-14(10(3)4)6-5-7-16-12(14)13(15)17-11/h9-13H,5-8,15H2,1-4H3/t11-,12?,13-,14+/m1/s1. The van der Waals surface area contributed by atoms with E-state index < -0.39 is 0 Å². The molecule has 0 aromatic heterocycles. The summed E-state index contributed by atoms with van der Waals surface area (Å²) in [6.45, 7) is 10.2. The van der Waals surface area contributed by atoms with Gasteiger partial charge in [-0.3, -0.25) is 0 Å². The summed E-state index contributed by atoms with van der Waals surface area (Å²) in [5.41, 5.74) is 0.266. The van der Waals surface area contributed by atoms with Crippen molar-refractivity contribution in [2.45, 2.75) is 65.2 Å². The van der Waals surface area contributed by atoms with Crippen LogP contribution in [0.2, 0.25) is 0 Å². The molecule has 0 N–H and O–H groups in total. The number of hydrogen-bond acceptors (Lipinski definition) is 2. The molecule has 0 amide bonds. The molecule has 0 aromatic carbocycles. The zero-order valence-corrected chi connectivity index (χ0v) is 12.0. The van der Waals surface area contributed by atoms with E-state index in [9.17, 15) is 0 Å². The molecule has 2 aliphatic rings. The first-order valence-electron chi connectivity index (χ1n) is 7.25. The van der Waals surface area contributed by atoms with Crippen LogP contribution in [0.3, 0.4) is 0 Å². The van der Waals surface area contributed by atoms with E-state index in [0.717, 1.165) is 6.61 Å². The number of rotatable bonds is 3. The molecule has 1 unspecified atom stereocenters. The predicted octanol–water partition coefficient (Wildman–Crippen LogP) is 2.21. The van der Waals surface area contributed by atoms with E-state index >= 15 is 0 Å². The monoisotopic (exact) mass is 238 g/mol. The first-order chi connectivity index (χ1) is 7.98. The molecule has 0 bridgehead atoms. The van der Waals surface area contributed by atoms with Crippen LogP contribution in [0.25, 0.3) is 0 Å². The first kappa shape index (κ1) is 13.4. The summed E-state index contributed by atoms with van der Waals surface area (Å²) in [5, 5.41) is 0. The molecule has 2 heterocycles. The molecule has 0 aliphatic carbocycles. The molecule has 2 saturated heterocycles. The third-order valence-electron chi connectivity index (χ3n) is 4.75. The fourth-order valence-corrected chi connectivity index (χ4v) is 3.95. The molecule has 2 nitrogen and oxygen atoms in total. The Morgan fingerprint density at radius 3 is 2.59 bits per heavy atom. The Kier molecular flexibility index (Phi) is 3.89. The summed E-state index contributed by atoms with van der Waals surface area (Å²) in [5.74, 6) is 1.34. The number of ether oxygens (including phenoxy) is 2. The minimum absolute atomic E-state index is 0.265. The van der Waals surface area contributed by atoms with Gasteiger partial charge in [0.05, 0.1) is 18.2 Å². The Hall–Kier alpha value is -0.0151. The summed E-state index contributed by atoms with van der Waals surface area (Å²) in [6.07, 6.45) is 4.35. The summed E-state index contributed by atoms with van der Waals surface area (Å²) in [7, 11) is 2.19. The van der Waals surface area contributed by atoms with Crippen molar-refractivity contribution in [3.05, 3.63) is 0 Å². The molecule has 2 aliphatic heterocycles. The van der Waals surface area contributed by atoms with E-state index in [1.165, 1.54) is 19.3 Å². The van der Waals surface area contributed by atoms with Crippen LogP contribution in [-0.2, 0) is 9.47 Å².